The lowest BCUT2D eigenvalue weighted by Gasteiger charge is -2.20. The predicted octanol–water partition coefficient (Wildman–Crippen LogP) is 1.67. The summed E-state index contributed by atoms with van der Waals surface area (Å²) in [6.07, 6.45) is 8.73. The highest BCUT2D eigenvalue weighted by Gasteiger charge is 2.38. The van der Waals surface area contributed by atoms with E-state index in [1.54, 1.807) is 0 Å². The minimum absolute atomic E-state index is 0. The Kier molecular flexibility index (Phi) is 7.67. The third kappa shape index (κ3) is 5.13. The van der Waals surface area contributed by atoms with Gasteiger partial charge in [0, 0.05) is 38.1 Å². The molecule has 0 aromatic rings. The quantitative estimate of drug-likeness (QED) is 0.247. The Morgan fingerprint density at radius 2 is 2.15 bits per heavy atom. The van der Waals surface area contributed by atoms with Crippen LogP contribution >= 0.6 is 24.0 Å². The molecule has 1 aliphatic heterocycles. The second kappa shape index (κ2) is 8.73. The fraction of sp³-hybridized carbons (Fsp3) is 0.800. The van der Waals surface area contributed by atoms with Crippen LogP contribution in [0, 0.1) is 18.3 Å². The van der Waals surface area contributed by atoms with Crippen molar-refractivity contribution in [3.63, 3.8) is 0 Å². The molecule has 2 aliphatic rings. The van der Waals surface area contributed by atoms with Crippen molar-refractivity contribution in [3.05, 3.63) is 0 Å². The van der Waals surface area contributed by atoms with Gasteiger partial charge < -0.3 is 10.6 Å². The fourth-order valence-corrected chi connectivity index (χ4v) is 2.66. The molecule has 1 aliphatic carbocycles. The van der Waals surface area contributed by atoms with Crippen LogP contribution in [0.15, 0.2) is 4.99 Å². The van der Waals surface area contributed by atoms with Crippen LogP contribution in [0.3, 0.4) is 0 Å². The Morgan fingerprint density at radius 1 is 1.40 bits per heavy atom. The third-order valence-electron chi connectivity index (χ3n) is 3.90. The van der Waals surface area contributed by atoms with Crippen molar-refractivity contribution in [1.29, 1.82) is 0 Å². The van der Waals surface area contributed by atoms with Crippen LogP contribution in [0.4, 0.5) is 0 Å². The van der Waals surface area contributed by atoms with E-state index in [0.29, 0.717) is 24.9 Å². The highest BCUT2D eigenvalue weighted by molar-refractivity contribution is 14.0. The molecular formula is C15H27IN4. The van der Waals surface area contributed by atoms with E-state index in [4.69, 9.17) is 6.42 Å². The molecule has 2 rings (SSSR count). The molecular weight excluding hydrogens is 363 g/mol. The molecule has 0 radical (unpaired) electrons. The summed E-state index contributed by atoms with van der Waals surface area (Å²) in [5.74, 6) is 4.21. The molecule has 20 heavy (non-hydrogen) atoms. The number of nitrogens with one attached hydrogen (secondary N) is 2. The number of nitrogens with zero attached hydrogens (tertiary/aromatic N) is 2. The third-order valence-corrected chi connectivity index (χ3v) is 3.90. The molecule has 2 atom stereocenters. The lowest BCUT2D eigenvalue weighted by Crippen LogP contribution is -2.46. The monoisotopic (exact) mass is 390 g/mol. The van der Waals surface area contributed by atoms with Gasteiger partial charge in [0.1, 0.15) is 0 Å². The van der Waals surface area contributed by atoms with Gasteiger partial charge in [-0.25, -0.2) is 0 Å². The molecule has 2 N–H and O–H groups in total. The number of rotatable bonds is 5. The zero-order valence-electron chi connectivity index (χ0n) is 12.6. The van der Waals surface area contributed by atoms with Gasteiger partial charge in [-0.05, 0) is 25.7 Å². The summed E-state index contributed by atoms with van der Waals surface area (Å²) in [4.78, 5) is 7.14. The average Bonchev–Trinajstić information content (AvgIpc) is 3.16. The minimum Gasteiger partial charge on any atom is -0.357 e. The summed E-state index contributed by atoms with van der Waals surface area (Å²) in [6.45, 7) is 8.35. The van der Waals surface area contributed by atoms with Crippen LogP contribution in [0.1, 0.15) is 33.1 Å². The van der Waals surface area contributed by atoms with Gasteiger partial charge in [0.2, 0.25) is 0 Å². The van der Waals surface area contributed by atoms with Crippen molar-refractivity contribution in [3.8, 4) is 12.3 Å². The maximum atomic E-state index is 5.27. The molecule has 1 saturated heterocycles. The first-order valence-corrected chi connectivity index (χ1v) is 7.47. The van der Waals surface area contributed by atoms with E-state index >= 15 is 0 Å². The minimum atomic E-state index is 0. The zero-order valence-corrected chi connectivity index (χ0v) is 14.9. The van der Waals surface area contributed by atoms with E-state index in [2.05, 4.69) is 40.3 Å². The number of guanidine groups is 1. The van der Waals surface area contributed by atoms with Crippen molar-refractivity contribution >= 4 is 29.9 Å². The molecule has 0 bridgehead atoms. The fourth-order valence-electron chi connectivity index (χ4n) is 2.66. The summed E-state index contributed by atoms with van der Waals surface area (Å²) < 4.78 is 0. The number of aliphatic imine (C=N–C) groups is 1. The maximum Gasteiger partial charge on any atom is 0.191 e. The summed E-state index contributed by atoms with van der Waals surface area (Å²) in [5, 5.41) is 6.87. The van der Waals surface area contributed by atoms with Gasteiger partial charge in [0.05, 0.1) is 6.54 Å². The first-order chi connectivity index (χ1) is 9.24. The summed E-state index contributed by atoms with van der Waals surface area (Å²) in [7, 11) is 0. The van der Waals surface area contributed by atoms with Crippen LogP contribution < -0.4 is 10.6 Å². The van der Waals surface area contributed by atoms with E-state index in [0.717, 1.165) is 25.1 Å². The molecule has 5 heteroatoms. The SMILES string of the molecule is C#CCCN=C(NCC)NC1CN(C2CC2)CC1C.I. The van der Waals surface area contributed by atoms with Gasteiger partial charge in [-0.15, -0.1) is 36.3 Å². The Hall–Kier alpha value is -0.480. The number of terminal acetylenes is 1. The molecule has 2 fully saturated rings. The normalized spacial score (nSPS) is 26.8. The van der Waals surface area contributed by atoms with Crippen molar-refractivity contribution < 1.29 is 0 Å². The van der Waals surface area contributed by atoms with E-state index in [1.165, 1.54) is 19.4 Å². The molecule has 1 heterocycles. The molecule has 4 nitrogen and oxygen atoms in total. The molecule has 2 unspecified atom stereocenters. The average molecular weight is 390 g/mol. The lowest BCUT2D eigenvalue weighted by atomic mass is 10.1. The Labute approximate surface area is 140 Å². The molecule has 0 spiro atoms. The van der Waals surface area contributed by atoms with Gasteiger partial charge >= 0.3 is 0 Å². The first-order valence-electron chi connectivity index (χ1n) is 7.47. The van der Waals surface area contributed by atoms with Crippen LogP contribution in [0.2, 0.25) is 0 Å². The number of hydrogen-bond donors (Lipinski definition) is 2. The Balaban J connectivity index is 0.00000200. The van der Waals surface area contributed by atoms with Crippen molar-refractivity contribution in [2.45, 2.75) is 45.2 Å². The molecule has 0 aromatic carbocycles. The lowest BCUT2D eigenvalue weighted by molar-refractivity contribution is 0.315. The second-order valence-corrected chi connectivity index (χ2v) is 5.63. The van der Waals surface area contributed by atoms with Gasteiger partial charge in [-0.2, -0.15) is 0 Å². The zero-order chi connectivity index (χ0) is 13.7. The van der Waals surface area contributed by atoms with Crippen LogP contribution in [-0.4, -0.2) is 49.1 Å². The van der Waals surface area contributed by atoms with Gasteiger partial charge in [0.25, 0.3) is 0 Å². The smallest absolute Gasteiger partial charge is 0.191 e. The van der Waals surface area contributed by atoms with Crippen LogP contribution in [0.5, 0.6) is 0 Å². The van der Waals surface area contributed by atoms with E-state index in [1.807, 2.05) is 0 Å². The topological polar surface area (TPSA) is 39.7 Å². The van der Waals surface area contributed by atoms with E-state index in [9.17, 15) is 0 Å². The summed E-state index contributed by atoms with van der Waals surface area (Å²) in [5.41, 5.74) is 0. The van der Waals surface area contributed by atoms with Gasteiger partial charge in [0.15, 0.2) is 5.96 Å². The predicted molar refractivity (Wildman–Crippen MR) is 95.5 cm³/mol. The van der Waals surface area contributed by atoms with Crippen LogP contribution in [-0.2, 0) is 0 Å². The summed E-state index contributed by atoms with van der Waals surface area (Å²) in [6, 6.07) is 1.36. The Bertz CT molecular complexity index is 359. The summed E-state index contributed by atoms with van der Waals surface area (Å²) >= 11 is 0. The standard InChI is InChI=1S/C15H26N4.HI/c1-4-6-9-17-15(16-5-2)18-14-11-19(10-12(14)3)13-7-8-13;/h1,12-14H,5-11H2,2-3H3,(H2,16,17,18);1H. The second-order valence-electron chi connectivity index (χ2n) is 5.63. The van der Waals surface area contributed by atoms with Gasteiger partial charge in [-0.3, -0.25) is 9.89 Å². The molecule has 114 valence electrons. The number of likely N-dealkylation sites (tertiary alicyclic amines) is 1. The highest BCUT2D eigenvalue weighted by Crippen LogP contribution is 2.31. The molecule has 0 amide bonds. The molecule has 1 saturated carbocycles. The number of hydrogen-bond acceptors (Lipinski definition) is 2. The van der Waals surface area contributed by atoms with Gasteiger partial charge in [-0.1, -0.05) is 6.92 Å². The Morgan fingerprint density at radius 3 is 2.75 bits per heavy atom. The van der Waals surface area contributed by atoms with Crippen molar-refractivity contribution in [2.24, 2.45) is 10.9 Å². The maximum absolute atomic E-state index is 5.27. The van der Waals surface area contributed by atoms with E-state index in [-0.39, 0.29) is 24.0 Å². The first kappa shape index (κ1) is 17.6. The van der Waals surface area contributed by atoms with Crippen molar-refractivity contribution in [2.75, 3.05) is 26.2 Å². The molecule has 0 aromatic heterocycles. The number of halogens is 1. The highest BCUT2D eigenvalue weighted by atomic mass is 127. The van der Waals surface area contributed by atoms with Crippen LogP contribution in [0.25, 0.3) is 0 Å². The largest absolute Gasteiger partial charge is 0.357 e. The van der Waals surface area contributed by atoms with E-state index < -0.39 is 0 Å². The van der Waals surface area contributed by atoms with Crippen molar-refractivity contribution in [1.82, 2.24) is 15.5 Å².